The predicted molar refractivity (Wildman–Crippen MR) is 54.8 cm³/mol. The van der Waals surface area contributed by atoms with Gasteiger partial charge in [0.05, 0.1) is 6.54 Å². The van der Waals surface area contributed by atoms with Crippen LogP contribution in [0.15, 0.2) is 30.6 Å². The standard InChI is InChI=1S/C11H12N3/c1-9-5-3-4-6-11(9)7-14-8-12-10(2)13-14/h3-6,8H,2,7H2,1H3. The van der Waals surface area contributed by atoms with E-state index < -0.39 is 0 Å². The van der Waals surface area contributed by atoms with Gasteiger partial charge in [0.15, 0.2) is 5.82 Å². The molecule has 0 fully saturated rings. The number of aryl methyl sites for hydroxylation is 1. The van der Waals surface area contributed by atoms with Crippen LogP contribution in [0.5, 0.6) is 0 Å². The van der Waals surface area contributed by atoms with E-state index in [1.807, 2.05) is 12.1 Å². The van der Waals surface area contributed by atoms with Crippen molar-refractivity contribution in [2.45, 2.75) is 13.5 Å². The Morgan fingerprint density at radius 1 is 1.36 bits per heavy atom. The second-order valence-electron chi connectivity index (χ2n) is 3.28. The molecule has 0 aliphatic heterocycles. The van der Waals surface area contributed by atoms with Crippen LogP contribution >= 0.6 is 0 Å². The number of rotatable bonds is 2. The molecule has 0 amide bonds. The van der Waals surface area contributed by atoms with Gasteiger partial charge in [-0.3, -0.25) is 0 Å². The predicted octanol–water partition coefficient (Wildman–Crippen LogP) is 1.82. The Hall–Kier alpha value is -1.64. The van der Waals surface area contributed by atoms with Crippen molar-refractivity contribution >= 4 is 0 Å². The van der Waals surface area contributed by atoms with Crippen LogP contribution in [0.2, 0.25) is 0 Å². The molecule has 14 heavy (non-hydrogen) atoms. The van der Waals surface area contributed by atoms with Crippen LogP contribution in [0.4, 0.5) is 0 Å². The van der Waals surface area contributed by atoms with Crippen molar-refractivity contribution in [1.82, 2.24) is 14.8 Å². The highest BCUT2D eigenvalue weighted by Crippen LogP contribution is 2.08. The molecule has 71 valence electrons. The normalized spacial score (nSPS) is 10.4. The summed E-state index contributed by atoms with van der Waals surface area (Å²) >= 11 is 0. The molecule has 1 radical (unpaired) electrons. The highest BCUT2D eigenvalue weighted by Gasteiger charge is 1.99. The van der Waals surface area contributed by atoms with Crippen molar-refractivity contribution in [2.24, 2.45) is 0 Å². The zero-order chi connectivity index (χ0) is 9.97. The number of hydrogen-bond acceptors (Lipinski definition) is 2. The summed E-state index contributed by atoms with van der Waals surface area (Å²) in [5, 5.41) is 4.14. The van der Waals surface area contributed by atoms with Crippen LogP contribution in [-0.2, 0) is 6.54 Å². The van der Waals surface area contributed by atoms with Crippen LogP contribution in [0.25, 0.3) is 0 Å². The second kappa shape index (κ2) is 3.62. The fraction of sp³-hybridized carbons (Fsp3) is 0.182. The minimum absolute atomic E-state index is 0.568. The highest BCUT2D eigenvalue weighted by molar-refractivity contribution is 5.25. The van der Waals surface area contributed by atoms with Crippen molar-refractivity contribution in [3.8, 4) is 0 Å². The van der Waals surface area contributed by atoms with Gasteiger partial charge in [-0.05, 0) is 18.1 Å². The fourth-order valence-corrected chi connectivity index (χ4v) is 1.37. The molecule has 0 aliphatic rings. The third-order valence-corrected chi connectivity index (χ3v) is 2.18. The van der Waals surface area contributed by atoms with Gasteiger partial charge in [-0.15, -0.1) is 0 Å². The van der Waals surface area contributed by atoms with Gasteiger partial charge < -0.3 is 0 Å². The summed E-state index contributed by atoms with van der Waals surface area (Å²) in [5.74, 6) is 0.568. The van der Waals surface area contributed by atoms with Crippen molar-refractivity contribution < 1.29 is 0 Å². The van der Waals surface area contributed by atoms with Gasteiger partial charge in [0, 0.05) is 6.92 Å². The smallest absolute Gasteiger partial charge is 0.151 e. The Bertz CT molecular complexity index is 432. The Morgan fingerprint density at radius 3 is 2.79 bits per heavy atom. The van der Waals surface area contributed by atoms with Crippen LogP contribution in [0.3, 0.4) is 0 Å². The van der Waals surface area contributed by atoms with Crippen molar-refractivity contribution in [1.29, 1.82) is 0 Å². The highest BCUT2D eigenvalue weighted by atomic mass is 15.3. The minimum atomic E-state index is 0.568. The number of hydrogen-bond donors (Lipinski definition) is 0. The van der Waals surface area contributed by atoms with Gasteiger partial charge >= 0.3 is 0 Å². The Balaban J connectivity index is 2.23. The lowest BCUT2D eigenvalue weighted by molar-refractivity contribution is 0.679. The molecule has 0 saturated heterocycles. The van der Waals surface area contributed by atoms with Crippen LogP contribution < -0.4 is 0 Å². The van der Waals surface area contributed by atoms with E-state index in [0.29, 0.717) is 5.82 Å². The minimum Gasteiger partial charge on any atom is -0.248 e. The summed E-state index contributed by atoms with van der Waals surface area (Å²) < 4.78 is 1.80. The maximum Gasteiger partial charge on any atom is 0.151 e. The lowest BCUT2D eigenvalue weighted by atomic mass is 10.1. The summed E-state index contributed by atoms with van der Waals surface area (Å²) in [6, 6.07) is 8.26. The lowest BCUT2D eigenvalue weighted by Gasteiger charge is -2.04. The van der Waals surface area contributed by atoms with Gasteiger partial charge in [0.2, 0.25) is 0 Å². The maximum atomic E-state index is 4.14. The first-order valence-electron chi connectivity index (χ1n) is 4.51. The molecule has 0 unspecified atom stereocenters. The average Bonchev–Trinajstić information content (AvgIpc) is 2.56. The van der Waals surface area contributed by atoms with E-state index in [4.69, 9.17) is 0 Å². The Kier molecular flexibility index (Phi) is 2.31. The van der Waals surface area contributed by atoms with E-state index in [2.05, 4.69) is 36.1 Å². The zero-order valence-electron chi connectivity index (χ0n) is 8.14. The summed E-state index contributed by atoms with van der Waals surface area (Å²) in [6.45, 7) is 6.52. The molecular formula is C11H12N3. The number of aromatic nitrogens is 3. The maximum absolute atomic E-state index is 4.14. The average molecular weight is 186 g/mol. The van der Waals surface area contributed by atoms with Gasteiger partial charge in [0.1, 0.15) is 6.33 Å². The first-order valence-corrected chi connectivity index (χ1v) is 4.51. The molecule has 0 bridgehead atoms. The molecule has 0 saturated carbocycles. The largest absolute Gasteiger partial charge is 0.248 e. The van der Waals surface area contributed by atoms with E-state index in [1.165, 1.54) is 11.1 Å². The van der Waals surface area contributed by atoms with Gasteiger partial charge in [-0.1, -0.05) is 24.3 Å². The van der Waals surface area contributed by atoms with E-state index >= 15 is 0 Å². The van der Waals surface area contributed by atoms with E-state index in [9.17, 15) is 0 Å². The summed E-state index contributed by atoms with van der Waals surface area (Å²) in [6.07, 6.45) is 1.70. The fourth-order valence-electron chi connectivity index (χ4n) is 1.37. The Labute approximate surface area is 83.4 Å². The van der Waals surface area contributed by atoms with E-state index in [1.54, 1.807) is 11.0 Å². The summed E-state index contributed by atoms with van der Waals surface area (Å²) in [4.78, 5) is 3.98. The molecule has 2 rings (SSSR count). The van der Waals surface area contributed by atoms with Crippen LogP contribution in [0.1, 0.15) is 17.0 Å². The zero-order valence-corrected chi connectivity index (χ0v) is 8.14. The summed E-state index contributed by atoms with van der Waals surface area (Å²) in [7, 11) is 0. The Morgan fingerprint density at radius 2 is 2.14 bits per heavy atom. The first-order chi connectivity index (χ1) is 6.75. The van der Waals surface area contributed by atoms with Gasteiger partial charge in [-0.2, -0.15) is 5.10 Å². The van der Waals surface area contributed by atoms with Crippen LogP contribution in [-0.4, -0.2) is 14.8 Å². The SMILES string of the molecule is [CH2]c1ncn(Cc2ccccc2C)n1. The third kappa shape index (κ3) is 1.82. The van der Waals surface area contributed by atoms with Crippen molar-refractivity contribution in [3.63, 3.8) is 0 Å². The molecule has 2 aromatic rings. The third-order valence-electron chi connectivity index (χ3n) is 2.18. The molecule has 0 N–H and O–H groups in total. The quantitative estimate of drug-likeness (QED) is 0.716. The second-order valence-corrected chi connectivity index (χ2v) is 3.28. The molecule has 0 atom stereocenters. The molecule has 0 aliphatic carbocycles. The van der Waals surface area contributed by atoms with Crippen LogP contribution in [0, 0.1) is 13.8 Å². The van der Waals surface area contributed by atoms with Crippen molar-refractivity contribution in [3.05, 3.63) is 54.5 Å². The van der Waals surface area contributed by atoms with Gasteiger partial charge in [-0.25, -0.2) is 9.67 Å². The molecule has 3 heteroatoms. The first kappa shape index (κ1) is 8.94. The molecule has 0 spiro atoms. The molecule has 1 aromatic heterocycles. The summed E-state index contributed by atoms with van der Waals surface area (Å²) in [5.41, 5.74) is 2.53. The molecule has 3 nitrogen and oxygen atoms in total. The van der Waals surface area contributed by atoms with E-state index in [0.717, 1.165) is 6.54 Å². The molecular weight excluding hydrogens is 174 g/mol. The van der Waals surface area contributed by atoms with E-state index in [-0.39, 0.29) is 0 Å². The van der Waals surface area contributed by atoms with Crippen molar-refractivity contribution in [2.75, 3.05) is 0 Å². The molecule has 1 aromatic carbocycles. The van der Waals surface area contributed by atoms with Gasteiger partial charge in [0.25, 0.3) is 0 Å². The monoisotopic (exact) mass is 186 g/mol. The lowest BCUT2D eigenvalue weighted by Crippen LogP contribution is -2.01. The number of nitrogens with zero attached hydrogens (tertiary/aromatic N) is 3. The molecule has 1 heterocycles. The topological polar surface area (TPSA) is 30.7 Å². The number of benzene rings is 1.